The fraction of sp³-hybridized carbons (Fsp3) is 0.333. The van der Waals surface area contributed by atoms with E-state index in [4.69, 9.17) is 4.74 Å². The fourth-order valence-corrected chi connectivity index (χ4v) is 2.92. The maximum atomic E-state index is 5.18. The minimum atomic E-state index is 0.899. The molecular formula is C18H23NOS. The van der Waals surface area contributed by atoms with Crippen molar-refractivity contribution in [1.82, 2.24) is 4.90 Å². The first kappa shape index (κ1) is 15.9. The summed E-state index contributed by atoms with van der Waals surface area (Å²) in [7, 11) is 5.93. The fourth-order valence-electron chi connectivity index (χ4n) is 2.10. The molecule has 0 aliphatic heterocycles. The van der Waals surface area contributed by atoms with E-state index in [0.29, 0.717) is 0 Å². The topological polar surface area (TPSA) is 12.5 Å². The van der Waals surface area contributed by atoms with E-state index in [-0.39, 0.29) is 0 Å². The Balaban J connectivity index is 1.89. The number of ether oxygens (including phenoxy) is 1. The molecule has 2 nitrogen and oxygen atoms in total. The maximum Gasteiger partial charge on any atom is 0.118 e. The zero-order chi connectivity index (χ0) is 15.1. The second-order valence-electron chi connectivity index (χ2n) is 5.33. The molecule has 0 N–H and O–H groups in total. The van der Waals surface area contributed by atoms with Gasteiger partial charge in [0.1, 0.15) is 5.75 Å². The van der Waals surface area contributed by atoms with Crippen LogP contribution in [-0.4, -0.2) is 32.6 Å². The van der Waals surface area contributed by atoms with Gasteiger partial charge in [-0.25, -0.2) is 0 Å². The van der Waals surface area contributed by atoms with Gasteiger partial charge in [-0.15, -0.1) is 0 Å². The van der Waals surface area contributed by atoms with Crippen LogP contribution in [-0.2, 0) is 6.42 Å². The van der Waals surface area contributed by atoms with Gasteiger partial charge in [0.25, 0.3) is 0 Å². The molecule has 0 saturated heterocycles. The quantitative estimate of drug-likeness (QED) is 0.755. The Morgan fingerprint density at radius 3 is 2.00 bits per heavy atom. The summed E-state index contributed by atoms with van der Waals surface area (Å²) in [6.45, 7) is 1.14. The van der Waals surface area contributed by atoms with E-state index in [2.05, 4.69) is 55.4 Å². The van der Waals surface area contributed by atoms with E-state index < -0.39 is 0 Å². The Kier molecular flexibility index (Phi) is 6.15. The Morgan fingerprint density at radius 1 is 0.905 bits per heavy atom. The molecular weight excluding hydrogens is 278 g/mol. The van der Waals surface area contributed by atoms with Crippen molar-refractivity contribution in [3.05, 3.63) is 54.1 Å². The van der Waals surface area contributed by atoms with E-state index in [1.165, 1.54) is 21.8 Å². The summed E-state index contributed by atoms with van der Waals surface area (Å²) in [5, 5.41) is 0. The molecule has 0 saturated carbocycles. The Labute approximate surface area is 132 Å². The van der Waals surface area contributed by atoms with Gasteiger partial charge in [-0.2, -0.15) is 0 Å². The lowest BCUT2D eigenvalue weighted by molar-refractivity contribution is 0.400. The molecule has 0 aliphatic rings. The number of benzene rings is 2. The molecule has 0 atom stereocenters. The van der Waals surface area contributed by atoms with Crippen LogP contribution in [0.4, 0.5) is 0 Å². The largest absolute Gasteiger partial charge is 0.497 e. The molecule has 2 rings (SSSR count). The van der Waals surface area contributed by atoms with Crippen molar-refractivity contribution in [1.29, 1.82) is 0 Å². The molecule has 112 valence electrons. The maximum absolute atomic E-state index is 5.18. The van der Waals surface area contributed by atoms with Crippen molar-refractivity contribution in [2.45, 2.75) is 22.6 Å². The molecule has 0 radical (unpaired) electrons. The normalized spacial score (nSPS) is 10.9. The SMILES string of the molecule is COc1ccc(Sc2ccc(CCCN(C)C)cc2)cc1. The molecule has 3 heteroatoms. The number of methoxy groups -OCH3 is 1. The standard InChI is InChI=1S/C18H23NOS/c1-19(2)14-4-5-15-6-10-17(11-7-15)21-18-12-8-16(20-3)9-13-18/h6-13H,4-5,14H2,1-3H3. The van der Waals surface area contributed by atoms with Crippen LogP contribution in [0.1, 0.15) is 12.0 Å². The lowest BCUT2D eigenvalue weighted by atomic mass is 10.1. The highest BCUT2D eigenvalue weighted by Gasteiger charge is 2.00. The monoisotopic (exact) mass is 301 g/mol. The number of rotatable bonds is 7. The van der Waals surface area contributed by atoms with E-state index in [9.17, 15) is 0 Å². The number of aryl methyl sites for hydroxylation is 1. The van der Waals surface area contributed by atoms with E-state index in [1.54, 1.807) is 18.9 Å². The van der Waals surface area contributed by atoms with Crippen molar-refractivity contribution in [3.8, 4) is 5.75 Å². The summed E-state index contributed by atoms with van der Waals surface area (Å²) in [6.07, 6.45) is 2.35. The second kappa shape index (κ2) is 8.11. The van der Waals surface area contributed by atoms with Gasteiger partial charge in [0.05, 0.1) is 7.11 Å². The van der Waals surface area contributed by atoms with Crippen molar-refractivity contribution in [3.63, 3.8) is 0 Å². The van der Waals surface area contributed by atoms with Gasteiger partial charge in [0, 0.05) is 9.79 Å². The smallest absolute Gasteiger partial charge is 0.118 e. The predicted octanol–water partition coefficient (Wildman–Crippen LogP) is 4.34. The number of hydrogen-bond acceptors (Lipinski definition) is 3. The second-order valence-corrected chi connectivity index (χ2v) is 6.48. The molecule has 21 heavy (non-hydrogen) atoms. The van der Waals surface area contributed by atoms with Gasteiger partial charge in [0.2, 0.25) is 0 Å². The Morgan fingerprint density at radius 2 is 1.48 bits per heavy atom. The first-order valence-corrected chi connectivity index (χ1v) is 8.04. The van der Waals surface area contributed by atoms with Crippen LogP contribution in [0, 0.1) is 0 Å². The molecule has 0 spiro atoms. The average Bonchev–Trinajstić information content (AvgIpc) is 2.49. The third-order valence-corrected chi connectivity index (χ3v) is 4.31. The molecule has 2 aromatic rings. The lowest BCUT2D eigenvalue weighted by Crippen LogP contribution is -2.13. The molecule has 2 aromatic carbocycles. The van der Waals surface area contributed by atoms with Crippen molar-refractivity contribution >= 4 is 11.8 Å². The Hall–Kier alpha value is -1.45. The lowest BCUT2D eigenvalue weighted by Gasteiger charge is -2.09. The van der Waals surface area contributed by atoms with E-state index in [0.717, 1.165) is 18.7 Å². The van der Waals surface area contributed by atoms with Gasteiger partial charge in [-0.3, -0.25) is 0 Å². The van der Waals surface area contributed by atoms with Crippen LogP contribution in [0.2, 0.25) is 0 Å². The van der Waals surface area contributed by atoms with Crippen LogP contribution < -0.4 is 4.74 Å². The first-order chi connectivity index (χ1) is 10.2. The zero-order valence-corrected chi connectivity index (χ0v) is 13.8. The summed E-state index contributed by atoms with van der Waals surface area (Å²) in [5.41, 5.74) is 1.41. The van der Waals surface area contributed by atoms with Gasteiger partial charge >= 0.3 is 0 Å². The van der Waals surface area contributed by atoms with E-state index in [1.807, 2.05) is 12.1 Å². The molecule has 0 aliphatic carbocycles. The van der Waals surface area contributed by atoms with Crippen molar-refractivity contribution in [2.75, 3.05) is 27.7 Å². The van der Waals surface area contributed by atoms with Crippen LogP contribution in [0.25, 0.3) is 0 Å². The summed E-state index contributed by atoms with van der Waals surface area (Å²) < 4.78 is 5.18. The van der Waals surface area contributed by atoms with Crippen molar-refractivity contribution < 1.29 is 4.74 Å². The highest BCUT2D eigenvalue weighted by atomic mass is 32.2. The highest BCUT2D eigenvalue weighted by molar-refractivity contribution is 7.99. The molecule has 0 bridgehead atoms. The summed E-state index contributed by atoms with van der Waals surface area (Å²) in [4.78, 5) is 4.74. The summed E-state index contributed by atoms with van der Waals surface area (Å²) in [5.74, 6) is 0.899. The third kappa shape index (κ3) is 5.44. The summed E-state index contributed by atoms with van der Waals surface area (Å²) >= 11 is 1.78. The van der Waals surface area contributed by atoms with Crippen LogP contribution in [0.5, 0.6) is 5.75 Å². The number of nitrogens with zero attached hydrogens (tertiary/aromatic N) is 1. The van der Waals surface area contributed by atoms with Crippen LogP contribution in [0.3, 0.4) is 0 Å². The first-order valence-electron chi connectivity index (χ1n) is 7.23. The average molecular weight is 301 g/mol. The molecule has 0 unspecified atom stereocenters. The highest BCUT2D eigenvalue weighted by Crippen LogP contribution is 2.29. The molecule has 0 fully saturated rings. The predicted molar refractivity (Wildman–Crippen MR) is 90.4 cm³/mol. The third-order valence-electron chi connectivity index (χ3n) is 3.29. The minimum Gasteiger partial charge on any atom is -0.497 e. The Bertz CT molecular complexity index is 534. The van der Waals surface area contributed by atoms with Crippen molar-refractivity contribution in [2.24, 2.45) is 0 Å². The summed E-state index contributed by atoms with van der Waals surface area (Å²) in [6, 6.07) is 17.1. The van der Waals surface area contributed by atoms with E-state index >= 15 is 0 Å². The van der Waals surface area contributed by atoms with Gasteiger partial charge in [-0.05, 0) is 75.4 Å². The molecule has 0 heterocycles. The zero-order valence-electron chi connectivity index (χ0n) is 13.0. The van der Waals surface area contributed by atoms with Crippen LogP contribution >= 0.6 is 11.8 Å². The van der Waals surface area contributed by atoms with Gasteiger partial charge in [0.15, 0.2) is 0 Å². The number of hydrogen-bond donors (Lipinski definition) is 0. The molecule has 0 amide bonds. The minimum absolute atomic E-state index is 0.899. The van der Waals surface area contributed by atoms with Gasteiger partial charge in [-0.1, -0.05) is 23.9 Å². The van der Waals surface area contributed by atoms with Crippen LogP contribution in [0.15, 0.2) is 58.3 Å². The van der Waals surface area contributed by atoms with Gasteiger partial charge < -0.3 is 9.64 Å². The molecule has 0 aromatic heterocycles.